The zero-order valence-electron chi connectivity index (χ0n) is 10.4. The van der Waals surface area contributed by atoms with E-state index in [1.807, 2.05) is 47.2 Å². The Labute approximate surface area is 114 Å². The van der Waals surface area contributed by atoms with E-state index in [0.717, 1.165) is 22.2 Å². The van der Waals surface area contributed by atoms with Gasteiger partial charge in [0.05, 0.1) is 6.04 Å². The highest BCUT2D eigenvalue weighted by Crippen LogP contribution is 2.24. The fourth-order valence-electron chi connectivity index (χ4n) is 1.79. The maximum atomic E-state index is 5.83. The Balaban J connectivity index is 2.04. The first-order chi connectivity index (χ1) is 9.25. The average molecular weight is 271 g/mol. The van der Waals surface area contributed by atoms with Crippen molar-refractivity contribution in [2.45, 2.75) is 13.0 Å². The molecule has 19 heavy (non-hydrogen) atoms. The average Bonchev–Trinajstić information content (AvgIpc) is 3.08. The van der Waals surface area contributed by atoms with E-state index in [4.69, 9.17) is 5.73 Å². The number of benzene rings is 1. The highest BCUT2D eigenvalue weighted by Gasteiger charge is 2.13. The van der Waals surface area contributed by atoms with Gasteiger partial charge in [0, 0.05) is 11.1 Å². The topological polar surface area (TPSA) is 69.6 Å². The molecule has 0 aliphatic heterocycles. The summed E-state index contributed by atoms with van der Waals surface area (Å²) in [5, 5.41) is 11.0. The molecule has 0 radical (unpaired) electrons. The van der Waals surface area contributed by atoms with Gasteiger partial charge in [-0.2, -0.15) is 0 Å². The summed E-state index contributed by atoms with van der Waals surface area (Å²) >= 11 is 1.54. The van der Waals surface area contributed by atoms with Crippen molar-refractivity contribution in [2.75, 3.05) is 0 Å². The molecule has 5 nitrogen and oxygen atoms in total. The maximum Gasteiger partial charge on any atom is 0.187 e. The Bertz CT molecular complexity index is 671. The van der Waals surface area contributed by atoms with E-state index < -0.39 is 0 Å². The van der Waals surface area contributed by atoms with Crippen molar-refractivity contribution >= 4 is 11.3 Å². The monoisotopic (exact) mass is 271 g/mol. The van der Waals surface area contributed by atoms with Crippen LogP contribution in [0, 0.1) is 0 Å². The van der Waals surface area contributed by atoms with Gasteiger partial charge in [0.2, 0.25) is 0 Å². The first-order valence-electron chi connectivity index (χ1n) is 5.92. The molecule has 1 aromatic carbocycles. The number of hydrogen-bond donors (Lipinski definition) is 1. The van der Waals surface area contributed by atoms with Gasteiger partial charge in [-0.3, -0.25) is 4.57 Å². The standard InChI is InChI=1S/C13H13N5S/c1-9(14)13-16-11(7-19-13)12-17-15-8-18(12)10-5-3-2-4-6-10/h2-9H,14H2,1H3. The second-order valence-electron chi connectivity index (χ2n) is 4.22. The molecule has 3 rings (SSSR count). The van der Waals surface area contributed by atoms with Gasteiger partial charge >= 0.3 is 0 Å². The molecule has 3 aromatic rings. The van der Waals surface area contributed by atoms with Crippen molar-refractivity contribution < 1.29 is 0 Å². The molecule has 0 fully saturated rings. The third kappa shape index (κ3) is 2.27. The number of thiazole rings is 1. The molecule has 0 saturated carbocycles. The Hall–Kier alpha value is -2.05. The quantitative estimate of drug-likeness (QED) is 0.794. The number of nitrogens with zero attached hydrogens (tertiary/aromatic N) is 4. The van der Waals surface area contributed by atoms with Crippen LogP contribution in [0.5, 0.6) is 0 Å². The summed E-state index contributed by atoms with van der Waals surface area (Å²) in [4.78, 5) is 4.51. The molecule has 0 amide bonds. The second kappa shape index (κ2) is 4.91. The van der Waals surface area contributed by atoms with E-state index in [2.05, 4.69) is 15.2 Å². The number of hydrogen-bond acceptors (Lipinski definition) is 5. The van der Waals surface area contributed by atoms with Crippen molar-refractivity contribution in [1.29, 1.82) is 0 Å². The highest BCUT2D eigenvalue weighted by molar-refractivity contribution is 7.10. The molecule has 1 unspecified atom stereocenters. The molecular weight excluding hydrogens is 258 g/mol. The van der Waals surface area contributed by atoms with E-state index >= 15 is 0 Å². The lowest BCUT2D eigenvalue weighted by atomic mass is 10.3. The zero-order chi connectivity index (χ0) is 13.2. The summed E-state index contributed by atoms with van der Waals surface area (Å²) in [6, 6.07) is 9.88. The van der Waals surface area contributed by atoms with Crippen LogP contribution in [0.15, 0.2) is 42.0 Å². The summed E-state index contributed by atoms with van der Waals surface area (Å²) in [5.74, 6) is 0.731. The smallest absolute Gasteiger partial charge is 0.187 e. The molecule has 0 aliphatic rings. The maximum absolute atomic E-state index is 5.83. The van der Waals surface area contributed by atoms with Gasteiger partial charge in [-0.05, 0) is 19.1 Å². The van der Waals surface area contributed by atoms with Gasteiger partial charge in [0.25, 0.3) is 0 Å². The van der Waals surface area contributed by atoms with E-state index in [1.54, 1.807) is 17.7 Å². The minimum atomic E-state index is -0.0631. The van der Waals surface area contributed by atoms with Crippen LogP contribution in [0.25, 0.3) is 17.2 Å². The SMILES string of the molecule is CC(N)c1nc(-c2nncn2-c2ccccc2)cs1. The third-order valence-electron chi connectivity index (χ3n) is 2.72. The lowest BCUT2D eigenvalue weighted by Crippen LogP contribution is -2.04. The normalized spacial score (nSPS) is 12.5. The Morgan fingerprint density at radius 3 is 2.74 bits per heavy atom. The predicted octanol–water partition coefficient (Wildman–Crippen LogP) is 2.41. The molecule has 2 heterocycles. The van der Waals surface area contributed by atoms with Gasteiger partial charge in [0.15, 0.2) is 5.82 Å². The van der Waals surface area contributed by atoms with Crippen molar-refractivity contribution in [2.24, 2.45) is 5.73 Å². The minimum Gasteiger partial charge on any atom is -0.322 e. The van der Waals surface area contributed by atoms with Gasteiger partial charge < -0.3 is 5.73 Å². The summed E-state index contributed by atoms with van der Waals surface area (Å²) in [6.45, 7) is 1.92. The number of para-hydroxylation sites is 1. The molecular formula is C13H13N5S. The molecule has 1 atom stereocenters. The molecule has 6 heteroatoms. The van der Waals surface area contributed by atoms with E-state index in [-0.39, 0.29) is 6.04 Å². The first-order valence-corrected chi connectivity index (χ1v) is 6.80. The molecule has 96 valence electrons. The van der Waals surface area contributed by atoms with Crippen LogP contribution < -0.4 is 5.73 Å². The Morgan fingerprint density at radius 1 is 1.26 bits per heavy atom. The first kappa shape index (κ1) is 12.0. The van der Waals surface area contributed by atoms with Crippen LogP contribution in [0.3, 0.4) is 0 Å². The summed E-state index contributed by atoms with van der Waals surface area (Å²) in [5.41, 5.74) is 7.65. The Morgan fingerprint density at radius 2 is 2.05 bits per heavy atom. The van der Waals surface area contributed by atoms with Crippen molar-refractivity contribution in [3.05, 3.63) is 47.0 Å². The van der Waals surface area contributed by atoms with Crippen molar-refractivity contribution in [3.8, 4) is 17.2 Å². The fourth-order valence-corrected chi connectivity index (χ4v) is 2.54. The summed E-state index contributed by atoms with van der Waals surface area (Å²) in [6.07, 6.45) is 1.69. The van der Waals surface area contributed by atoms with Gasteiger partial charge in [-0.15, -0.1) is 21.5 Å². The zero-order valence-corrected chi connectivity index (χ0v) is 11.2. The lowest BCUT2D eigenvalue weighted by Gasteiger charge is -2.04. The third-order valence-corrected chi connectivity index (χ3v) is 3.77. The Kier molecular flexibility index (Phi) is 3.10. The summed E-state index contributed by atoms with van der Waals surface area (Å²) in [7, 11) is 0. The molecule has 0 aliphatic carbocycles. The lowest BCUT2D eigenvalue weighted by molar-refractivity contribution is 0.806. The molecule has 0 spiro atoms. The van der Waals surface area contributed by atoms with Gasteiger partial charge in [-0.1, -0.05) is 18.2 Å². The largest absolute Gasteiger partial charge is 0.322 e. The summed E-state index contributed by atoms with van der Waals surface area (Å²) < 4.78 is 1.92. The minimum absolute atomic E-state index is 0.0631. The molecule has 2 N–H and O–H groups in total. The molecule has 0 saturated heterocycles. The van der Waals surface area contributed by atoms with Crippen LogP contribution in [-0.2, 0) is 0 Å². The van der Waals surface area contributed by atoms with Crippen molar-refractivity contribution in [1.82, 2.24) is 19.7 Å². The van der Waals surface area contributed by atoms with Crippen molar-refractivity contribution in [3.63, 3.8) is 0 Å². The number of aromatic nitrogens is 4. The number of rotatable bonds is 3. The number of nitrogens with two attached hydrogens (primary N) is 1. The van der Waals surface area contributed by atoms with E-state index in [9.17, 15) is 0 Å². The highest BCUT2D eigenvalue weighted by atomic mass is 32.1. The fraction of sp³-hybridized carbons (Fsp3) is 0.154. The molecule has 0 bridgehead atoms. The second-order valence-corrected chi connectivity index (χ2v) is 5.11. The van der Waals surface area contributed by atoms with E-state index in [0.29, 0.717) is 0 Å². The van der Waals surface area contributed by atoms with E-state index in [1.165, 1.54) is 0 Å². The predicted molar refractivity (Wildman–Crippen MR) is 75.1 cm³/mol. The van der Waals surface area contributed by atoms with Crippen LogP contribution in [-0.4, -0.2) is 19.7 Å². The van der Waals surface area contributed by atoms with Crippen LogP contribution in [0.4, 0.5) is 0 Å². The van der Waals surface area contributed by atoms with Crippen LogP contribution in [0.1, 0.15) is 18.0 Å². The molecule has 2 aromatic heterocycles. The van der Waals surface area contributed by atoms with Gasteiger partial charge in [-0.25, -0.2) is 4.98 Å². The van der Waals surface area contributed by atoms with Crippen LogP contribution >= 0.6 is 11.3 Å². The van der Waals surface area contributed by atoms with Gasteiger partial charge in [0.1, 0.15) is 17.0 Å². The van der Waals surface area contributed by atoms with Crippen LogP contribution in [0.2, 0.25) is 0 Å².